The van der Waals surface area contributed by atoms with Crippen LogP contribution in [0.5, 0.6) is 0 Å². The molecule has 1 unspecified atom stereocenters. The summed E-state index contributed by atoms with van der Waals surface area (Å²) < 4.78 is 0. The van der Waals surface area contributed by atoms with E-state index in [0.717, 1.165) is 38.4 Å². The smallest absolute Gasteiger partial charge is 0.220 e. The highest BCUT2D eigenvalue weighted by Gasteiger charge is 2.24. The van der Waals surface area contributed by atoms with Crippen LogP contribution in [0.15, 0.2) is 4.99 Å². The fourth-order valence-electron chi connectivity index (χ4n) is 3.89. The number of nitrogens with one attached hydrogen (secondary N) is 2. The molecule has 0 aromatic carbocycles. The average molecular weight is 338 g/mol. The van der Waals surface area contributed by atoms with Crippen LogP contribution in [0.25, 0.3) is 0 Å². The Balaban J connectivity index is 1.76. The van der Waals surface area contributed by atoms with E-state index in [2.05, 4.69) is 32.3 Å². The Bertz CT molecular complexity index is 412. The highest BCUT2D eigenvalue weighted by Crippen LogP contribution is 2.20. The number of hydrogen-bond donors (Lipinski definition) is 2. The molecule has 1 atom stereocenters. The summed E-state index contributed by atoms with van der Waals surface area (Å²) >= 11 is 0. The number of likely N-dealkylation sites (tertiary alicyclic amines) is 2. The maximum atomic E-state index is 11.5. The monoisotopic (exact) mass is 337 g/mol. The van der Waals surface area contributed by atoms with Crippen molar-refractivity contribution in [2.24, 2.45) is 10.9 Å². The summed E-state index contributed by atoms with van der Waals surface area (Å²) in [6.45, 7) is 7.70. The van der Waals surface area contributed by atoms with Crippen LogP contribution in [-0.4, -0.2) is 74.5 Å². The molecular formula is C18H35N5O. The lowest BCUT2D eigenvalue weighted by Gasteiger charge is -2.35. The lowest BCUT2D eigenvalue weighted by atomic mass is 9.93. The number of rotatable bonds is 6. The lowest BCUT2D eigenvalue weighted by molar-refractivity contribution is -0.121. The highest BCUT2D eigenvalue weighted by molar-refractivity contribution is 5.80. The van der Waals surface area contributed by atoms with Crippen molar-refractivity contribution in [2.75, 3.05) is 46.8 Å². The molecule has 2 fully saturated rings. The maximum absolute atomic E-state index is 11.5. The second kappa shape index (κ2) is 9.87. The Hall–Kier alpha value is -1.30. The van der Waals surface area contributed by atoms with Crippen molar-refractivity contribution >= 4 is 11.9 Å². The van der Waals surface area contributed by atoms with Crippen LogP contribution in [0.3, 0.4) is 0 Å². The summed E-state index contributed by atoms with van der Waals surface area (Å²) in [5, 5.41) is 6.32. The standard InChI is InChI=1S/C18H35N5O/c1-4-16(22-9-5-6-10-22)14-21-18(20-3)23-11-7-15(8-12-23)13-17(24)19-2/h15-16H,4-14H2,1-3H3,(H,19,24)(H,20,21). The highest BCUT2D eigenvalue weighted by atomic mass is 16.1. The first kappa shape index (κ1) is 19.0. The van der Waals surface area contributed by atoms with Gasteiger partial charge in [-0.2, -0.15) is 0 Å². The first-order valence-corrected chi connectivity index (χ1v) is 9.58. The second-order valence-electron chi connectivity index (χ2n) is 7.04. The van der Waals surface area contributed by atoms with Gasteiger partial charge in [0, 0.05) is 46.2 Å². The normalized spacial score (nSPS) is 21.8. The summed E-state index contributed by atoms with van der Waals surface area (Å²) in [4.78, 5) is 21.0. The van der Waals surface area contributed by atoms with Gasteiger partial charge in [-0.15, -0.1) is 0 Å². The predicted octanol–water partition coefficient (Wildman–Crippen LogP) is 1.28. The van der Waals surface area contributed by atoms with Gasteiger partial charge < -0.3 is 15.5 Å². The van der Waals surface area contributed by atoms with E-state index in [1.54, 1.807) is 7.05 Å². The molecule has 2 rings (SSSR count). The fraction of sp³-hybridized carbons (Fsp3) is 0.889. The molecule has 2 heterocycles. The Morgan fingerprint density at radius 1 is 1.21 bits per heavy atom. The molecule has 0 spiro atoms. The van der Waals surface area contributed by atoms with E-state index in [1.807, 2.05) is 7.05 Å². The third-order valence-electron chi connectivity index (χ3n) is 5.50. The molecule has 2 aliphatic heterocycles. The summed E-state index contributed by atoms with van der Waals surface area (Å²) in [5.41, 5.74) is 0. The van der Waals surface area contributed by atoms with Crippen LogP contribution in [-0.2, 0) is 4.79 Å². The van der Waals surface area contributed by atoms with Gasteiger partial charge in [-0.3, -0.25) is 14.7 Å². The summed E-state index contributed by atoms with van der Waals surface area (Å²) in [5.74, 6) is 1.69. The number of aliphatic imine (C=N–C) groups is 1. The van der Waals surface area contributed by atoms with E-state index in [9.17, 15) is 4.79 Å². The third-order valence-corrected chi connectivity index (χ3v) is 5.50. The first-order valence-electron chi connectivity index (χ1n) is 9.58. The lowest BCUT2D eigenvalue weighted by Crippen LogP contribution is -2.50. The molecule has 6 heteroatoms. The minimum absolute atomic E-state index is 0.160. The van der Waals surface area contributed by atoms with E-state index in [-0.39, 0.29) is 5.91 Å². The van der Waals surface area contributed by atoms with Crippen molar-refractivity contribution in [2.45, 2.75) is 51.5 Å². The van der Waals surface area contributed by atoms with Crippen molar-refractivity contribution < 1.29 is 4.79 Å². The number of nitrogens with zero attached hydrogens (tertiary/aromatic N) is 3. The number of carbonyl (C=O) groups is 1. The number of carbonyl (C=O) groups excluding carboxylic acids is 1. The predicted molar refractivity (Wildman–Crippen MR) is 99.2 cm³/mol. The topological polar surface area (TPSA) is 60.0 Å². The quantitative estimate of drug-likeness (QED) is 0.566. The van der Waals surface area contributed by atoms with Crippen LogP contribution in [0.1, 0.15) is 45.4 Å². The molecule has 6 nitrogen and oxygen atoms in total. The second-order valence-corrected chi connectivity index (χ2v) is 7.04. The average Bonchev–Trinajstić information content (AvgIpc) is 3.14. The Morgan fingerprint density at radius 3 is 2.42 bits per heavy atom. The van der Waals surface area contributed by atoms with Crippen LogP contribution in [0.4, 0.5) is 0 Å². The fourth-order valence-corrected chi connectivity index (χ4v) is 3.89. The van der Waals surface area contributed by atoms with Gasteiger partial charge in [0.2, 0.25) is 5.91 Å². The molecule has 2 N–H and O–H groups in total. The van der Waals surface area contributed by atoms with Gasteiger partial charge in [0.1, 0.15) is 0 Å². The number of amides is 1. The molecule has 0 aromatic rings. The van der Waals surface area contributed by atoms with E-state index < -0.39 is 0 Å². The van der Waals surface area contributed by atoms with Gasteiger partial charge >= 0.3 is 0 Å². The van der Waals surface area contributed by atoms with Crippen molar-refractivity contribution in [1.82, 2.24) is 20.4 Å². The van der Waals surface area contributed by atoms with E-state index in [0.29, 0.717) is 18.4 Å². The minimum atomic E-state index is 0.160. The largest absolute Gasteiger partial charge is 0.359 e. The molecule has 24 heavy (non-hydrogen) atoms. The number of piperidine rings is 1. The molecule has 0 aromatic heterocycles. The molecule has 1 amide bonds. The summed E-state index contributed by atoms with van der Waals surface area (Å²) in [7, 11) is 3.59. The third kappa shape index (κ3) is 5.36. The van der Waals surface area contributed by atoms with Gasteiger partial charge in [0.05, 0.1) is 0 Å². The van der Waals surface area contributed by atoms with Gasteiger partial charge in [0.25, 0.3) is 0 Å². The maximum Gasteiger partial charge on any atom is 0.220 e. The van der Waals surface area contributed by atoms with Gasteiger partial charge in [-0.25, -0.2) is 0 Å². The summed E-state index contributed by atoms with van der Waals surface area (Å²) in [6, 6.07) is 0.607. The van der Waals surface area contributed by atoms with Gasteiger partial charge in [-0.1, -0.05) is 6.92 Å². The molecule has 0 aliphatic carbocycles. The molecule has 0 saturated carbocycles. The molecule has 0 radical (unpaired) electrons. The molecule has 2 aliphatic rings. The van der Waals surface area contributed by atoms with Crippen LogP contribution >= 0.6 is 0 Å². The van der Waals surface area contributed by atoms with E-state index in [4.69, 9.17) is 0 Å². The van der Waals surface area contributed by atoms with E-state index >= 15 is 0 Å². The van der Waals surface area contributed by atoms with Gasteiger partial charge in [0.15, 0.2) is 5.96 Å². The Kier molecular flexibility index (Phi) is 7.82. The van der Waals surface area contributed by atoms with Gasteiger partial charge in [-0.05, 0) is 51.1 Å². The van der Waals surface area contributed by atoms with Crippen LogP contribution in [0.2, 0.25) is 0 Å². The Morgan fingerprint density at radius 2 is 1.88 bits per heavy atom. The molecule has 2 saturated heterocycles. The minimum Gasteiger partial charge on any atom is -0.359 e. The first-order chi connectivity index (χ1) is 11.7. The molecular weight excluding hydrogens is 302 g/mol. The van der Waals surface area contributed by atoms with Crippen LogP contribution < -0.4 is 10.6 Å². The van der Waals surface area contributed by atoms with Crippen LogP contribution in [0, 0.1) is 5.92 Å². The molecule has 138 valence electrons. The molecule has 0 bridgehead atoms. The Labute approximate surface area is 147 Å². The number of guanidine groups is 1. The SMILES string of the molecule is CCC(CNC(=NC)N1CCC(CC(=O)NC)CC1)N1CCCC1. The summed E-state index contributed by atoms with van der Waals surface area (Å²) in [6.07, 6.45) is 6.64. The van der Waals surface area contributed by atoms with Crippen molar-refractivity contribution in [3.8, 4) is 0 Å². The zero-order valence-electron chi connectivity index (χ0n) is 15.7. The number of hydrogen-bond acceptors (Lipinski definition) is 3. The van der Waals surface area contributed by atoms with Crippen molar-refractivity contribution in [1.29, 1.82) is 0 Å². The van der Waals surface area contributed by atoms with E-state index in [1.165, 1.54) is 32.4 Å². The zero-order chi connectivity index (χ0) is 17.4. The van der Waals surface area contributed by atoms with Crippen molar-refractivity contribution in [3.05, 3.63) is 0 Å². The zero-order valence-corrected chi connectivity index (χ0v) is 15.7. The van der Waals surface area contributed by atoms with Crippen molar-refractivity contribution in [3.63, 3.8) is 0 Å².